The predicted octanol–water partition coefficient (Wildman–Crippen LogP) is 1.49. The molecule has 0 aromatic carbocycles. The quantitative estimate of drug-likeness (QED) is 0.850. The lowest BCUT2D eigenvalue weighted by Gasteiger charge is -2.35. The van der Waals surface area contributed by atoms with E-state index in [9.17, 15) is 9.59 Å². The molecule has 1 fully saturated rings. The van der Waals surface area contributed by atoms with Crippen molar-refractivity contribution in [3.63, 3.8) is 0 Å². The predicted molar refractivity (Wildman–Crippen MR) is 78.1 cm³/mol. The van der Waals surface area contributed by atoms with Gasteiger partial charge in [0.2, 0.25) is 11.8 Å². The number of hydrogen-bond acceptors (Lipinski definition) is 4. The Labute approximate surface area is 123 Å². The normalized spacial score (nSPS) is 25.2. The number of amides is 2. The van der Waals surface area contributed by atoms with Gasteiger partial charge in [0, 0.05) is 12.8 Å². The van der Waals surface area contributed by atoms with Crippen molar-refractivity contribution in [3.05, 3.63) is 17.8 Å². The standard InChI is InChI=1S/C15H19N3O3/c1-9-5-6-16-14-13(9)17-12(19)8-18(14)15(20)11-4-3-7-21-10(11)2/h5-6,10-11H,3-4,7-8H2,1-2H3,(H,17,19)/t10-,11-/m0/s1. The molecule has 6 heteroatoms. The lowest BCUT2D eigenvalue weighted by atomic mass is 9.93. The molecule has 2 aliphatic heterocycles. The minimum Gasteiger partial charge on any atom is -0.378 e. The summed E-state index contributed by atoms with van der Waals surface area (Å²) >= 11 is 0. The van der Waals surface area contributed by atoms with Gasteiger partial charge in [-0.15, -0.1) is 0 Å². The second kappa shape index (κ2) is 5.44. The molecule has 2 aliphatic rings. The molecular weight excluding hydrogens is 270 g/mol. The average Bonchev–Trinajstić information content (AvgIpc) is 2.47. The van der Waals surface area contributed by atoms with Gasteiger partial charge in [0.05, 0.1) is 17.7 Å². The lowest BCUT2D eigenvalue weighted by molar-refractivity contribution is -0.131. The Hall–Kier alpha value is -1.95. The zero-order valence-corrected chi connectivity index (χ0v) is 12.3. The number of nitrogens with one attached hydrogen (secondary N) is 1. The highest BCUT2D eigenvalue weighted by Crippen LogP contribution is 2.32. The second-order valence-corrected chi connectivity index (χ2v) is 5.62. The molecule has 6 nitrogen and oxygen atoms in total. The van der Waals surface area contributed by atoms with Gasteiger partial charge in [-0.2, -0.15) is 0 Å². The Balaban J connectivity index is 1.94. The lowest BCUT2D eigenvalue weighted by Crippen LogP contribution is -2.48. The highest BCUT2D eigenvalue weighted by molar-refractivity contribution is 6.10. The van der Waals surface area contributed by atoms with Crippen molar-refractivity contribution in [2.75, 3.05) is 23.4 Å². The van der Waals surface area contributed by atoms with Crippen LogP contribution < -0.4 is 10.2 Å². The number of aromatic nitrogens is 1. The fourth-order valence-corrected chi connectivity index (χ4v) is 2.93. The summed E-state index contributed by atoms with van der Waals surface area (Å²) in [5, 5.41) is 2.80. The van der Waals surface area contributed by atoms with E-state index in [-0.39, 0.29) is 30.4 Å². The smallest absolute Gasteiger partial charge is 0.244 e. The van der Waals surface area contributed by atoms with Gasteiger partial charge in [-0.1, -0.05) is 0 Å². The van der Waals surface area contributed by atoms with Crippen LogP contribution in [0.5, 0.6) is 0 Å². The van der Waals surface area contributed by atoms with Gasteiger partial charge >= 0.3 is 0 Å². The van der Waals surface area contributed by atoms with Crippen LogP contribution in [-0.2, 0) is 14.3 Å². The Morgan fingerprint density at radius 2 is 2.33 bits per heavy atom. The van der Waals surface area contributed by atoms with Crippen LogP contribution >= 0.6 is 0 Å². The first-order valence-corrected chi connectivity index (χ1v) is 7.26. The van der Waals surface area contributed by atoms with Crippen molar-refractivity contribution in [2.24, 2.45) is 5.92 Å². The fourth-order valence-electron chi connectivity index (χ4n) is 2.93. The van der Waals surface area contributed by atoms with E-state index in [4.69, 9.17) is 4.74 Å². The number of fused-ring (bicyclic) bond motifs is 1. The molecule has 1 N–H and O–H groups in total. The first kappa shape index (κ1) is 14.0. The van der Waals surface area contributed by atoms with Gasteiger partial charge in [-0.25, -0.2) is 4.98 Å². The molecule has 21 heavy (non-hydrogen) atoms. The van der Waals surface area contributed by atoms with Gasteiger partial charge in [-0.05, 0) is 38.3 Å². The Kier molecular flexibility index (Phi) is 3.63. The van der Waals surface area contributed by atoms with Crippen molar-refractivity contribution in [1.82, 2.24) is 4.98 Å². The minimum atomic E-state index is -0.209. The van der Waals surface area contributed by atoms with Crippen molar-refractivity contribution < 1.29 is 14.3 Å². The molecule has 1 saturated heterocycles. The number of carbonyl (C=O) groups excluding carboxylic acids is 2. The van der Waals surface area contributed by atoms with Crippen LogP contribution in [0.1, 0.15) is 25.3 Å². The molecule has 0 radical (unpaired) electrons. The number of carbonyl (C=O) groups is 2. The molecule has 3 heterocycles. The summed E-state index contributed by atoms with van der Waals surface area (Å²) in [7, 11) is 0. The number of rotatable bonds is 1. The molecule has 0 saturated carbocycles. The summed E-state index contributed by atoms with van der Waals surface area (Å²) in [6, 6.07) is 1.82. The van der Waals surface area contributed by atoms with Crippen LogP contribution in [0.3, 0.4) is 0 Å². The van der Waals surface area contributed by atoms with Crippen molar-refractivity contribution >= 4 is 23.3 Å². The molecule has 1 aromatic heterocycles. The van der Waals surface area contributed by atoms with E-state index in [1.165, 1.54) is 4.90 Å². The van der Waals surface area contributed by atoms with E-state index >= 15 is 0 Å². The molecule has 2 amide bonds. The van der Waals surface area contributed by atoms with Crippen LogP contribution in [0.4, 0.5) is 11.5 Å². The monoisotopic (exact) mass is 289 g/mol. The van der Waals surface area contributed by atoms with E-state index in [0.717, 1.165) is 18.4 Å². The molecule has 112 valence electrons. The molecule has 0 bridgehead atoms. The highest BCUT2D eigenvalue weighted by Gasteiger charge is 2.37. The van der Waals surface area contributed by atoms with Gasteiger partial charge in [0.15, 0.2) is 5.82 Å². The molecule has 0 aliphatic carbocycles. The third kappa shape index (κ3) is 2.51. The van der Waals surface area contributed by atoms with Gasteiger partial charge in [0.25, 0.3) is 0 Å². The largest absolute Gasteiger partial charge is 0.378 e. The van der Waals surface area contributed by atoms with E-state index in [1.807, 2.05) is 19.9 Å². The summed E-state index contributed by atoms with van der Waals surface area (Å²) < 4.78 is 5.57. The van der Waals surface area contributed by atoms with Gasteiger partial charge < -0.3 is 10.1 Å². The molecule has 0 unspecified atom stereocenters. The SMILES string of the molecule is Cc1ccnc2c1NC(=O)CN2C(=O)[C@H]1CCCO[C@H]1C. The van der Waals surface area contributed by atoms with E-state index < -0.39 is 0 Å². The van der Waals surface area contributed by atoms with Crippen molar-refractivity contribution in [1.29, 1.82) is 0 Å². The first-order valence-electron chi connectivity index (χ1n) is 7.26. The third-order valence-electron chi connectivity index (χ3n) is 4.15. The van der Waals surface area contributed by atoms with Crippen molar-refractivity contribution in [2.45, 2.75) is 32.8 Å². The van der Waals surface area contributed by atoms with Gasteiger partial charge in [0.1, 0.15) is 6.54 Å². The van der Waals surface area contributed by atoms with Crippen LogP contribution in [0.25, 0.3) is 0 Å². The Bertz CT molecular complexity index is 588. The van der Waals surface area contributed by atoms with E-state index in [1.54, 1.807) is 6.20 Å². The maximum atomic E-state index is 12.8. The summed E-state index contributed by atoms with van der Waals surface area (Å²) in [5.74, 6) is 0.0740. The summed E-state index contributed by atoms with van der Waals surface area (Å²) in [6.45, 7) is 4.52. The van der Waals surface area contributed by atoms with E-state index in [0.29, 0.717) is 18.1 Å². The number of anilines is 2. The van der Waals surface area contributed by atoms with Gasteiger partial charge in [-0.3, -0.25) is 14.5 Å². The Morgan fingerprint density at radius 3 is 3.10 bits per heavy atom. The minimum absolute atomic E-state index is 0.0194. The topological polar surface area (TPSA) is 71.5 Å². The summed E-state index contributed by atoms with van der Waals surface area (Å²) in [4.78, 5) is 30.5. The number of hydrogen-bond donors (Lipinski definition) is 1. The Morgan fingerprint density at radius 1 is 1.52 bits per heavy atom. The van der Waals surface area contributed by atoms with Crippen LogP contribution in [0.15, 0.2) is 12.3 Å². The second-order valence-electron chi connectivity index (χ2n) is 5.62. The number of pyridine rings is 1. The van der Waals surface area contributed by atoms with Crippen LogP contribution in [0, 0.1) is 12.8 Å². The summed E-state index contributed by atoms with van der Waals surface area (Å²) in [6.07, 6.45) is 3.20. The summed E-state index contributed by atoms with van der Waals surface area (Å²) in [5.41, 5.74) is 1.53. The molecule has 2 atom stereocenters. The maximum absolute atomic E-state index is 12.8. The third-order valence-corrected chi connectivity index (χ3v) is 4.15. The van der Waals surface area contributed by atoms with Crippen molar-refractivity contribution in [3.8, 4) is 0 Å². The number of nitrogens with zero attached hydrogens (tertiary/aromatic N) is 2. The zero-order chi connectivity index (χ0) is 15.0. The number of ether oxygens (including phenoxy) is 1. The highest BCUT2D eigenvalue weighted by atomic mass is 16.5. The van der Waals surface area contributed by atoms with Crippen LogP contribution in [0.2, 0.25) is 0 Å². The maximum Gasteiger partial charge on any atom is 0.244 e. The molecule has 1 aromatic rings. The number of aryl methyl sites for hydroxylation is 1. The zero-order valence-electron chi connectivity index (χ0n) is 12.3. The fraction of sp³-hybridized carbons (Fsp3) is 0.533. The van der Waals surface area contributed by atoms with Crippen LogP contribution in [-0.4, -0.2) is 36.1 Å². The van der Waals surface area contributed by atoms with E-state index in [2.05, 4.69) is 10.3 Å². The molecular formula is C15H19N3O3. The molecule has 0 spiro atoms. The average molecular weight is 289 g/mol. The molecule has 3 rings (SSSR count). The first-order chi connectivity index (χ1) is 10.1.